The van der Waals surface area contributed by atoms with Gasteiger partial charge in [-0.25, -0.2) is 4.79 Å². The van der Waals surface area contributed by atoms with Gasteiger partial charge < -0.3 is 9.47 Å². The number of ether oxygens (including phenoxy) is 2. The zero-order valence-electron chi connectivity index (χ0n) is 10.8. The van der Waals surface area contributed by atoms with Crippen molar-refractivity contribution in [2.45, 2.75) is 76.7 Å². The molecule has 0 spiro atoms. The first kappa shape index (κ1) is 14.3. The quantitative estimate of drug-likeness (QED) is 0.629. The van der Waals surface area contributed by atoms with E-state index in [0.29, 0.717) is 0 Å². The molecule has 1 aliphatic rings. The average Bonchev–Trinajstić information content (AvgIpc) is 2.32. The number of carbonyl (C=O) groups is 1. The maximum atomic E-state index is 11.0. The first-order valence-electron chi connectivity index (χ1n) is 6.95. The minimum atomic E-state index is -0.637. The van der Waals surface area contributed by atoms with Crippen molar-refractivity contribution in [1.82, 2.24) is 0 Å². The molecule has 0 heterocycles. The summed E-state index contributed by atoms with van der Waals surface area (Å²) in [7, 11) is 3.08. The monoisotopic (exact) mass is 241 g/mol. The van der Waals surface area contributed by atoms with Crippen molar-refractivity contribution in [3.8, 4) is 0 Å². The summed E-state index contributed by atoms with van der Waals surface area (Å²) in [6.45, 7) is 0. The van der Waals surface area contributed by atoms with Gasteiger partial charge in [-0.2, -0.15) is 0 Å². The smallest absolute Gasteiger partial charge is 0.431 e. The van der Waals surface area contributed by atoms with E-state index in [2.05, 4.69) is 11.8 Å². The van der Waals surface area contributed by atoms with Gasteiger partial charge in [0.05, 0.1) is 0 Å². The first-order chi connectivity index (χ1) is 8.33. The summed E-state index contributed by atoms with van der Waals surface area (Å²) < 4.78 is 9.54. The summed E-state index contributed by atoms with van der Waals surface area (Å²) in [6.07, 6.45) is 12.8. The second kappa shape index (κ2) is 9.32. The Balaban J connectivity index is 2.29. The average molecular weight is 241 g/mol. The van der Waals surface area contributed by atoms with E-state index in [1.54, 1.807) is 0 Å². The summed E-state index contributed by atoms with van der Waals surface area (Å²) in [5.41, 5.74) is 0. The molecule has 0 unspecified atom stereocenters. The highest BCUT2D eigenvalue weighted by atomic mass is 16.7. The van der Waals surface area contributed by atoms with Gasteiger partial charge in [0.2, 0.25) is 0 Å². The van der Waals surface area contributed by atoms with Crippen LogP contribution in [0.15, 0.2) is 0 Å². The van der Waals surface area contributed by atoms with E-state index in [1.807, 2.05) is 0 Å². The Labute approximate surface area is 105 Å². The third-order valence-electron chi connectivity index (χ3n) is 3.43. The van der Waals surface area contributed by atoms with Gasteiger partial charge in [0.15, 0.2) is 0 Å². The Morgan fingerprint density at radius 1 is 0.824 bits per heavy atom. The van der Waals surface area contributed by atoms with Crippen LogP contribution in [0.1, 0.15) is 70.6 Å². The zero-order valence-corrected chi connectivity index (χ0v) is 10.8. The molecule has 1 rings (SSSR count). The van der Waals surface area contributed by atoms with E-state index in [1.165, 1.54) is 44.9 Å². The highest BCUT2D eigenvalue weighted by Gasteiger charge is 2.14. The molecule has 0 atom stereocenters. The molecule has 1 radical (unpaired) electrons. The molecule has 99 valence electrons. The maximum Gasteiger partial charge on any atom is 0.508 e. The molecule has 1 saturated carbocycles. The second-order valence-electron chi connectivity index (χ2n) is 4.89. The normalized spacial score (nSPS) is 21.0. The van der Waals surface area contributed by atoms with Gasteiger partial charge in [0.25, 0.3) is 0 Å². The fourth-order valence-corrected chi connectivity index (χ4v) is 2.41. The molecule has 0 saturated heterocycles. The van der Waals surface area contributed by atoms with Gasteiger partial charge in [-0.3, -0.25) is 0 Å². The fourth-order valence-electron chi connectivity index (χ4n) is 2.41. The third kappa shape index (κ3) is 7.24. The first-order valence-corrected chi connectivity index (χ1v) is 6.95. The van der Waals surface area contributed by atoms with Crippen LogP contribution in [-0.2, 0) is 9.47 Å². The van der Waals surface area contributed by atoms with Gasteiger partial charge in [0.1, 0.15) is 13.2 Å². The Morgan fingerprint density at radius 3 is 1.65 bits per heavy atom. The van der Waals surface area contributed by atoms with Gasteiger partial charge in [-0.1, -0.05) is 44.9 Å². The largest absolute Gasteiger partial charge is 0.508 e. The molecule has 1 aliphatic carbocycles. The Morgan fingerprint density at radius 2 is 1.24 bits per heavy atom. The van der Waals surface area contributed by atoms with E-state index in [-0.39, 0.29) is 6.10 Å². The van der Waals surface area contributed by atoms with Crippen LogP contribution in [0.4, 0.5) is 4.79 Å². The van der Waals surface area contributed by atoms with E-state index < -0.39 is 6.16 Å². The van der Waals surface area contributed by atoms with Crippen LogP contribution < -0.4 is 0 Å². The summed E-state index contributed by atoms with van der Waals surface area (Å²) in [6, 6.07) is 0. The predicted octanol–water partition coefficient (Wildman–Crippen LogP) is 4.60. The molecule has 17 heavy (non-hydrogen) atoms. The van der Waals surface area contributed by atoms with Crippen LogP contribution in [0.5, 0.6) is 0 Å². The van der Waals surface area contributed by atoms with Crippen LogP contribution in [0.3, 0.4) is 0 Å². The van der Waals surface area contributed by atoms with Crippen molar-refractivity contribution in [3.63, 3.8) is 0 Å². The molecule has 0 N–H and O–H groups in total. The third-order valence-corrected chi connectivity index (χ3v) is 3.43. The maximum absolute atomic E-state index is 11.0. The lowest BCUT2D eigenvalue weighted by Crippen LogP contribution is -2.18. The highest BCUT2D eigenvalue weighted by Crippen LogP contribution is 2.19. The van der Waals surface area contributed by atoms with Gasteiger partial charge in [-0.05, 0) is 25.7 Å². The lowest BCUT2D eigenvalue weighted by atomic mass is 9.99. The van der Waals surface area contributed by atoms with Crippen molar-refractivity contribution in [1.29, 1.82) is 0 Å². The number of rotatable bonds is 1. The molecule has 1 fully saturated rings. The molecule has 3 heteroatoms. The summed E-state index contributed by atoms with van der Waals surface area (Å²) >= 11 is 0. The molecule has 0 amide bonds. The van der Waals surface area contributed by atoms with Crippen molar-refractivity contribution >= 4 is 6.16 Å². The van der Waals surface area contributed by atoms with Crippen LogP contribution in [0, 0.1) is 7.11 Å². The van der Waals surface area contributed by atoms with E-state index in [0.717, 1.165) is 25.7 Å². The Bertz CT molecular complexity index is 192. The number of hydrogen-bond acceptors (Lipinski definition) is 3. The van der Waals surface area contributed by atoms with E-state index in [9.17, 15) is 4.79 Å². The lowest BCUT2D eigenvalue weighted by molar-refractivity contribution is 0.0361. The minimum absolute atomic E-state index is 0.0312. The van der Waals surface area contributed by atoms with Crippen molar-refractivity contribution in [2.24, 2.45) is 0 Å². The van der Waals surface area contributed by atoms with Gasteiger partial charge >= 0.3 is 6.16 Å². The number of hydrogen-bond donors (Lipinski definition) is 0. The molecular weight excluding hydrogens is 216 g/mol. The van der Waals surface area contributed by atoms with Crippen molar-refractivity contribution in [2.75, 3.05) is 0 Å². The molecule has 0 aromatic heterocycles. The van der Waals surface area contributed by atoms with E-state index in [4.69, 9.17) is 4.74 Å². The lowest BCUT2D eigenvalue weighted by Gasteiger charge is -2.17. The summed E-state index contributed by atoms with van der Waals surface area (Å²) in [4.78, 5) is 11.0. The molecule has 0 aromatic rings. The highest BCUT2D eigenvalue weighted by molar-refractivity contribution is 5.60. The van der Waals surface area contributed by atoms with Crippen LogP contribution in [0.2, 0.25) is 0 Å². The molecule has 3 nitrogen and oxygen atoms in total. The predicted molar refractivity (Wildman–Crippen MR) is 67.5 cm³/mol. The summed E-state index contributed by atoms with van der Waals surface area (Å²) in [5.74, 6) is 0. The molecule has 0 aliphatic heterocycles. The van der Waals surface area contributed by atoms with Crippen molar-refractivity contribution < 1.29 is 14.3 Å². The zero-order chi connectivity index (χ0) is 12.3. The van der Waals surface area contributed by atoms with Crippen LogP contribution in [-0.4, -0.2) is 12.3 Å². The Kier molecular flexibility index (Phi) is 7.85. The number of carbonyl (C=O) groups excluding carboxylic acids is 1. The second-order valence-corrected chi connectivity index (χ2v) is 4.89. The summed E-state index contributed by atoms with van der Waals surface area (Å²) in [5, 5.41) is 0. The topological polar surface area (TPSA) is 35.5 Å². The van der Waals surface area contributed by atoms with Gasteiger partial charge in [0, 0.05) is 0 Å². The van der Waals surface area contributed by atoms with Crippen LogP contribution >= 0.6 is 0 Å². The van der Waals surface area contributed by atoms with Gasteiger partial charge in [-0.15, -0.1) is 0 Å². The standard InChI is InChI=1S/C14H25O3/c1-16-14(15)17-13-11-9-7-5-3-2-4-6-8-10-12-13/h13H,1-12H2. The van der Waals surface area contributed by atoms with E-state index >= 15 is 0 Å². The van der Waals surface area contributed by atoms with Crippen molar-refractivity contribution in [3.05, 3.63) is 7.11 Å². The fraction of sp³-hybridized carbons (Fsp3) is 0.857. The van der Waals surface area contributed by atoms with Crippen LogP contribution in [0.25, 0.3) is 0 Å². The molecular formula is C14H25O3. The molecule has 0 bridgehead atoms. The SMILES string of the molecule is [CH2]OC(=O)OC1CCCCCCCCCCC1. The minimum Gasteiger partial charge on any atom is -0.431 e. The Hall–Kier alpha value is -0.730. The molecule has 0 aromatic carbocycles.